The summed E-state index contributed by atoms with van der Waals surface area (Å²) in [6.07, 6.45) is 0. The van der Waals surface area contributed by atoms with E-state index in [9.17, 15) is 14.9 Å². The van der Waals surface area contributed by atoms with Gasteiger partial charge in [0.15, 0.2) is 0 Å². The Bertz CT molecular complexity index is 445. The van der Waals surface area contributed by atoms with E-state index in [-0.39, 0.29) is 22.8 Å². The van der Waals surface area contributed by atoms with E-state index in [2.05, 4.69) is 5.32 Å². The van der Waals surface area contributed by atoms with Crippen LogP contribution in [0.3, 0.4) is 0 Å². The van der Waals surface area contributed by atoms with Crippen LogP contribution in [0.25, 0.3) is 0 Å². The molecule has 1 aromatic rings. The van der Waals surface area contributed by atoms with Gasteiger partial charge in [-0.1, -0.05) is 0 Å². The van der Waals surface area contributed by atoms with Gasteiger partial charge in [0, 0.05) is 19.1 Å². The highest BCUT2D eigenvalue weighted by Gasteiger charge is 2.18. The lowest BCUT2D eigenvalue weighted by Crippen LogP contribution is -2.09. The van der Waals surface area contributed by atoms with Crippen LogP contribution >= 0.6 is 0 Å². The first-order valence-corrected chi connectivity index (χ1v) is 4.35. The number of rotatable bonds is 3. The minimum Gasteiger partial charge on any atom is -0.495 e. The molecule has 0 aliphatic heterocycles. The molecule has 0 saturated carbocycles. The minimum absolute atomic E-state index is 0.0588. The number of nitrogen functional groups attached to an aromatic ring is 1. The SMILES string of the molecule is COc1cc(NC(C)=O)c([N+](=O)[O-])cc1N. The van der Waals surface area contributed by atoms with Gasteiger partial charge < -0.3 is 15.8 Å². The average molecular weight is 225 g/mol. The zero-order valence-corrected chi connectivity index (χ0v) is 8.81. The predicted octanol–water partition coefficient (Wildman–Crippen LogP) is 1.14. The van der Waals surface area contributed by atoms with E-state index in [0.717, 1.165) is 6.07 Å². The molecular formula is C9H11N3O4. The van der Waals surface area contributed by atoms with Crippen molar-refractivity contribution in [1.29, 1.82) is 0 Å². The summed E-state index contributed by atoms with van der Waals surface area (Å²) in [6.45, 7) is 1.26. The van der Waals surface area contributed by atoms with E-state index < -0.39 is 10.8 Å². The van der Waals surface area contributed by atoms with Crippen molar-refractivity contribution in [3.8, 4) is 5.75 Å². The summed E-state index contributed by atoms with van der Waals surface area (Å²) >= 11 is 0. The van der Waals surface area contributed by atoms with Crippen LogP contribution in [0.5, 0.6) is 5.75 Å². The van der Waals surface area contributed by atoms with Crippen LogP contribution in [0, 0.1) is 10.1 Å². The van der Waals surface area contributed by atoms with Crippen LogP contribution in [-0.2, 0) is 4.79 Å². The summed E-state index contributed by atoms with van der Waals surface area (Å²) in [5, 5.41) is 13.1. The highest BCUT2D eigenvalue weighted by molar-refractivity contribution is 5.92. The maximum atomic E-state index is 10.9. The summed E-state index contributed by atoms with van der Waals surface area (Å²) in [4.78, 5) is 21.0. The van der Waals surface area contributed by atoms with Crippen molar-refractivity contribution in [2.24, 2.45) is 0 Å². The van der Waals surface area contributed by atoms with Gasteiger partial charge >= 0.3 is 0 Å². The molecule has 1 amide bonds. The number of hydrogen-bond acceptors (Lipinski definition) is 5. The van der Waals surface area contributed by atoms with Gasteiger partial charge in [-0.3, -0.25) is 14.9 Å². The lowest BCUT2D eigenvalue weighted by atomic mass is 10.2. The van der Waals surface area contributed by atoms with Gasteiger partial charge in [-0.15, -0.1) is 0 Å². The third-order valence-corrected chi connectivity index (χ3v) is 1.86. The molecule has 86 valence electrons. The molecule has 0 aliphatic carbocycles. The number of methoxy groups -OCH3 is 1. The van der Waals surface area contributed by atoms with E-state index in [0.29, 0.717) is 0 Å². The number of nitro benzene ring substituents is 1. The van der Waals surface area contributed by atoms with E-state index in [4.69, 9.17) is 10.5 Å². The number of nitro groups is 1. The van der Waals surface area contributed by atoms with E-state index >= 15 is 0 Å². The van der Waals surface area contributed by atoms with Gasteiger partial charge in [0.1, 0.15) is 11.4 Å². The van der Waals surface area contributed by atoms with E-state index in [1.165, 1.54) is 20.1 Å². The standard InChI is InChI=1S/C9H11N3O4/c1-5(13)11-7-4-9(16-2)6(10)3-8(7)12(14)15/h3-4H,10H2,1-2H3,(H,11,13). The maximum Gasteiger partial charge on any atom is 0.295 e. The molecule has 3 N–H and O–H groups in total. The van der Waals surface area contributed by atoms with Crippen LogP contribution < -0.4 is 15.8 Å². The smallest absolute Gasteiger partial charge is 0.295 e. The molecular weight excluding hydrogens is 214 g/mol. The third kappa shape index (κ3) is 2.38. The predicted molar refractivity (Wildman–Crippen MR) is 58.4 cm³/mol. The number of nitrogens with one attached hydrogen (secondary N) is 1. The summed E-state index contributed by atoms with van der Waals surface area (Å²) in [6, 6.07) is 2.46. The summed E-state index contributed by atoms with van der Waals surface area (Å²) < 4.78 is 4.90. The first-order valence-electron chi connectivity index (χ1n) is 4.35. The molecule has 1 rings (SSSR count). The fourth-order valence-corrected chi connectivity index (χ4v) is 1.20. The topological polar surface area (TPSA) is 107 Å². The number of amides is 1. The van der Waals surface area contributed by atoms with Crippen LogP contribution in [0.4, 0.5) is 17.1 Å². The Morgan fingerprint density at radius 2 is 2.19 bits per heavy atom. The Hall–Kier alpha value is -2.31. The van der Waals surface area contributed by atoms with Crippen molar-refractivity contribution in [3.05, 3.63) is 22.2 Å². The number of carbonyl (C=O) groups excluding carboxylic acids is 1. The van der Waals surface area contributed by atoms with Gasteiger partial charge in [0.05, 0.1) is 17.7 Å². The number of anilines is 2. The number of benzene rings is 1. The third-order valence-electron chi connectivity index (χ3n) is 1.86. The molecule has 0 saturated heterocycles. The van der Waals surface area contributed by atoms with Crippen LogP contribution in [-0.4, -0.2) is 17.9 Å². The highest BCUT2D eigenvalue weighted by Crippen LogP contribution is 2.34. The first kappa shape index (κ1) is 11.8. The zero-order valence-electron chi connectivity index (χ0n) is 8.81. The number of ether oxygens (including phenoxy) is 1. The molecule has 1 aromatic carbocycles. The first-order chi connectivity index (χ1) is 7.45. The molecule has 16 heavy (non-hydrogen) atoms. The average Bonchev–Trinajstić information content (AvgIpc) is 2.19. The summed E-state index contributed by atoms with van der Waals surface area (Å²) in [7, 11) is 1.38. The molecule has 0 bridgehead atoms. The normalized spacial score (nSPS) is 9.62. The largest absolute Gasteiger partial charge is 0.495 e. The van der Waals surface area contributed by atoms with Gasteiger partial charge in [0.25, 0.3) is 5.69 Å². The van der Waals surface area contributed by atoms with Gasteiger partial charge in [0.2, 0.25) is 5.91 Å². The quantitative estimate of drug-likeness (QED) is 0.455. The van der Waals surface area contributed by atoms with Crippen molar-refractivity contribution >= 4 is 23.0 Å². The summed E-state index contributed by atoms with van der Waals surface area (Å²) in [5.41, 5.74) is 5.46. The Morgan fingerprint density at radius 3 is 2.62 bits per heavy atom. The molecule has 0 heterocycles. The second kappa shape index (κ2) is 4.47. The molecule has 0 aliphatic rings. The van der Waals surface area contributed by atoms with Crippen LogP contribution in [0.2, 0.25) is 0 Å². The maximum absolute atomic E-state index is 10.9. The molecule has 0 radical (unpaired) electrons. The second-order valence-electron chi connectivity index (χ2n) is 3.05. The fraction of sp³-hybridized carbons (Fsp3) is 0.222. The fourth-order valence-electron chi connectivity index (χ4n) is 1.20. The summed E-state index contributed by atoms with van der Waals surface area (Å²) in [5.74, 6) is -0.135. The number of hydrogen-bond donors (Lipinski definition) is 2. The Balaban J connectivity index is 3.30. The molecule has 0 atom stereocenters. The Labute approximate surface area is 91.3 Å². The lowest BCUT2D eigenvalue weighted by Gasteiger charge is -2.08. The lowest BCUT2D eigenvalue weighted by molar-refractivity contribution is -0.383. The van der Waals surface area contributed by atoms with Crippen molar-refractivity contribution < 1.29 is 14.5 Å². The van der Waals surface area contributed by atoms with Crippen molar-refractivity contribution in [2.45, 2.75) is 6.92 Å². The van der Waals surface area contributed by atoms with Crippen molar-refractivity contribution in [2.75, 3.05) is 18.2 Å². The number of carbonyl (C=O) groups is 1. The van der Waals surface area contributed by atoms with Gasteiger partial charge in [-0.2, -0.15) is 0 Å². The minimum atomic E-state index is -0.624. The van der Waals surface area contributed by atoms with Crippen molar-refractivity contribution in [1.82, 2.24) is 0 Å². The molecule has 0 unspecified atom stereocenters. The van der Waals surface area contributed by atoms with Crippen LogP contribution in [0.15, 0.2) is 12.1 Å². The molecule has 7 heteroatoms. The molecule has 7 nitrogen and oxygen atoms in total. The Morgan fingerprint density at radius 1 is 1.56 bits per heavy atom. The number of nitrogens with zero attached hydrogens (tertiary/aromatic N) is 1. The molecule has 0 aromatic heterocycles. The Kier molecular flexibility index (Phi) is 3.29. The van der Waals surface area contributed by atoms with Crippen molar-refractivity contribution in [3.63, 3.8) is 0 Å². The monoisotopic (exact) mass is 225 g/mol. The molecule has 0 fully saturated rings. The second-order valence-corrected chi connectivity index (χ2v) is 3.05. The zero-order chi connectivity index (χ0) is 12.3. The van der Waals surface area contributed by atoms with Gasteiger partial charge in [-0.25, -0.2) is 0 Å². The number of nitrogens with two attached hydrogens (primary N) is 1. The van der Waals surface area contributed by atoms with Gasteiger partial charge in [-0.05, 0) is 0 Å². The highest BCUT2D eigenvalue weighted by atomic mass is 16.6. The van der Waals surface area contributed by atoms with E-state index in [1.807, 2.05) is 0 Å². The van der Waals surface area contributed by atoms with Crippen LogP contribution in [0.1, 0.15) is 6.92 Å². The van der Waals surface area contributed by atoms with E-state index in [1.54, 1.807) is 0 Å². The molecule has 0 spiro atoms.